The summed E-state index contributed by atoms with van der Waals surface area (Å²) in [6.45, 7) is 1.86. The minimum atomic E-state index is -0.210. The molecule has 1 aliphatic heterocycles. The number of carbonyl (C=O) groups is 1. The van der Waals surface area contributed by atoms with Crippen LogP contribution in [0.5, 0.6) is 0 Å². The van der Waals surface area contributed by atoms with E-state index in [0.29, 0.717) is 12.5 Å². The third-order valence-electron chi connectivity index (χ3n) is 3.19. The van der Waals surface area contributed by atoms with E-state index >= 15 is 0 Å². The molecular weight excluding hydrogens is 200 g/mol. The van der Waals surface area contributed by atoms with Gasteiger partial charge in [-0.25, -0.2) is 0 Å². The largest absolute Gasteiger partial charge is 0.370 e. The number of carbonyl (C=O) groups excluding carboxylic acids is 1. The van der Waals surface area contributed by atoms with Gasteiger partial charge in [0.25, 0.3) is 0 Å². The number of nitrogens with two attached hydrogens (primary N) is 1. The molecule has 2 rings (SSSR count). The zero-order valence-corrected chi connectivity index (χ0v) is 9.43. The summed E-state index contributed by atoms with van der Waals surface area (Å²) in [5.74, 6) is -0.210. The fourth-order valence-electron chi connectivity index (χ4n) is 2.40. The molecule has 3 heteroatoms. The van der Waals surface area contributed by atoms with Crippen LogP contribution in [0.4, 0.5) is 0 Å². The van der Waals surface area contributed by atoms with Gasteiger partial charge in [-0.05, 0) is 24.9 Å². The summed E-state index contributed by atoms with van der Waals surface area (Å²) in [4.78, 5) is 13.2. The number of hydrogen-bond acceptors (Lipinski definition) is 2. The van der Waals surface area contributed by atoms with Gasteiger partial charge in [-0.2, -0.15) is 0 Å². The molecule has 1 heterocycles. The Labute approximate surface area is 96.2 Å². The number of hydrogen-bond donors (Lipinski definition) is 1. The summed E-state index contributed by atoms with van der Waals surface area (Å²) in [5, 5.41) is 0. The molecule has 1 unspecified atom stereocenters. The van der Waals surface area contributed by atoms with Crippen molar-refractivity contribution in [2.24, 2.45) is 5.73 Å². The molecule has 0 radical (unpaired) electrons. The average molecular weight is 218 g/mol. The minimum Gasteiger partial charge on any atom is -0.370 e. The Hall–Kier alpha value is -1.35. The van der Waals surface area contributed by atoms with E-state index in [4.69, 9.17) is 5.73 Å². The highest BCUT2D eigenvalue weighted by Crippen LogP contribution is 2.31. The lowest BCUT2D eigenvalue weighted by Crippen LogP contribution is -2.27. The summed E-state index contributed by atoms with van der Waals surface area (Å²) in [6, 6.07) is 11.0. The zero-order chi connectivity index (χ0) is 11.4. The molecule has 1 atom stereocenters. The van der Waals surface area contributed by atoms with Crippen molar-refractivity contribution in [1.82, 2.24) is 4.90 Å². The van der Waals surface area contributed by atoms with Gasteiger partial charge in [0, 0.05) is 19.0 Å². The molecule has 0 bridgehead atoms. The molecule has 86 valence electrons. The van der Waals surface area contributed by atoms with Crippen molar-refractivity contribution in [1.29, 1.82) is 0 Å². The second kappa shape index (κ2) is 5.12. The summed E-state index contributed by atoms with van der Waals surface area (Å²) in [6.07, 6.45) is 2.85. The third kappa shape index (κ3) is 2.61. The minimum absolute atomic E-state index is 0.210. The van der Waals surface area contributed by atoms with Gasteiger partial charge in [-0.15, -0.1) is 0 Å². The first-order chi connectivity index (χ1) is 7.77. The van der Waals surface area contributed by atoms with Gasteiger partial charge in [0.15, 0.2) is 0 Å². The second-order valence-electron chi connectivity index (χ2n) is 4.32. The zero-order valence-electron chi connectivity index (χ0n) is 9.43. The Kier molecular flexibility index (Phi) is 3.57. The van der Waals surface area contributed by atoms with Gasteiger partial charge in [0.1, 0.15) is 0 Å². The van der Waals surface area contributed by atoms with Gasteiger partial charge >= 0.3 is 0 Å². The average Bonchev–Trinajstić information content (AvgIpc) is 2.75. The van der Waals surface area contributed by atoms with Crippen LogP contribution in [0.25, 0.3) is 0 Å². The molecule has 1 aromatic rings. The van der Waals surface area contributed by atoms with Gasteiger partial charge in [0.2, 0.25) is 5.91 Å². The molecule has 16 heavy (non-hydrogen) atoms. The molecule has 0 spiro atoms. The van der Waals surface area contributed by atoms with Crippen LogP contribution in [-0.4, -0.2) is 23.9 Å². The van der Waals surface area contributed by atoms with E-state index < -0.39 is 0 Å². The van der Waals surface area contributed by atoms with Crippen molar-refractivity contribution >= 4 is 5.91 Å². The fraction of sp³-hybridized carbons (Fsp3) is 0.462. The van der Waals surface area contributed by atoms with E-state index in [0.717, 1.165) is 13.1 Å². The SMILES string of the molecule is NC(=O)CCN1CCCC1c1ccccc1. The molecule has 1 aromatic carbocycles. The van der Waals surface area contributed by atoms with Crippen LogP contribution in [-0.2, 0) is 4.79 Å². The molecule has 0 aromatic heterocycles. The van der Waals surface area contributed by atoms with Crippen molar-refractivity contribution in [2.45, 2.75) is 25.3 Å². The van der Waals surface area contributed by atoms with Crippen LogP contribution in [0.15, 0.2) is 30.3 Å². The molecule has 3 nitrogen and oxygen atoms in total. The Bertz CT molecular complexity index is 350. The molecule has 0 aliphatic carbocycles. The van der Waals surface area contributed by atoms with Crippen LogP contribution in [0.1, 0.15) is 30.9 Å². The quantitative estimate of drug-likeness (QED) is 0.836. The van der Waals surface area contributed by atoms with E-state index in [1.807, 2.05) is 6.07 Å². The predicted molar refractivity (Wildman–Crippen MR) is 63.8 cm³/mol. The fourth-order valence-corrected chi connectivity index (χ4v) is 2.40. The van der Waals surface area contributed by atoms with Crippen molar-refractivity contribution in [3.8, 4) is 0 Å². The highest BCUT2D eigenvalue weighted by molar-refractivity contribution is 5.73. The van der Waals surface area contributed by atoms with Crippen molar-refractivity contribution in [3.05, 3.63) is 35.9 Å². The predicted octanol–water partition coefficient (Wildman–Crippen LogP) is 1.70. The van der Waals surface area contributed by atoms with Gasteiger partial charge in [-0.1, -0.05) is 30.3 Å². The van der Waals surface area contributed by atoms with Crippen LogP contribution >= 0.6 is 0 Å². The van der Waals surface area contributed by atoms with Gasteiger partial charge in [-0.3, -0.25) is 9.69 Å². The van der Waals surface area contributed by atoms with E-state index in [9.17, 15) is 4.79 Å². The smallest absolute Gasteiger partial charge is 0.218 e. The highest BCUT2D eigenvalue weighted by Gasteiger charge is 2.25. The van der Waals surface area contributed by atoms with Crippen LogP contribution in [0.3, 0.4) is 0 Å². The van der Waals surface area contributed by atoms with E-state index in [-0.39, 0.29) is 5.91 Å². The van der Waals surface area contributed by atoms with Crippen LogP contribution < -0.4 is 5.73 Å². The molecule has 1 aliphatic rings. The maximum Gasteiger partial charge on any atom is 0.218 e. The molecule has 0 saturated carbocycles. The van der Waals surface area contributed by atoms with Crippen molar-refractivity contribution < 1.29 is 4.79 Å². The number of nitrogens with zero attached hydrogens (tertiary/aromatic N) is 1. The standard InChI is InChI=1S/C13H18N2O/c14-13(16)8-10-15-9-4-7-12(15)11-5-2-1-3-6-11/h1-3,5-6,12H,4,7-10H2,(H2,14,16). The van der Waals surface area contributed by atoms with Gasteiger partial charge in [0.05, 0.1) is 0 Å². The molecular formula is C13H18N2O. The number of benzene rings is 1. The Balaban J connectivity index is 2.01. The van der Waals surface area contributed by atoms with E-state index in [1.54, 1.807) is 0 Å². The molecule has 1 fully saturated rings. The van der Waals surface area contributed by atoms with E-state index in [2.05, 4.69) is 29.2 Å². The lowest BCUT2D eigenvalue weighted by Gasteiger charge is -2.24. The summed E-state index contributed by atoms with van der Waals surface area (Å²) in [5.41, 5.74) is 6.54. The lowest BCUT2D eigenvalue weighted by molar-refractivity contribution is -0.118. The van der Waals surface area contributed by atoms with Crippen molar-refractivity contribution in [3.63, 3.8) is 0 Å². The number of amides is 1. The van der Waals surface area contributed by atoms with Crippen molar-refractivity contribution in [2.75, 3.05) is 13.1 Å². The summed E-state index contributed by atoms with van der Waals surface area (Å²) < 4.78 is 0. The number of primary amides is 1. The topological polar surface area (TPSA) is 46.3 Å². The maximum atomic E-state index is 10.8. The first-order valence-electron chi connectivity index (χ1n) is 5.84. The van der Waals surface area contributed by atoms with E-state index in [1.165, 1.54) is 18.4 Å². The summed E-state index contributed by atoms with van der Waals surface area (Å²) in [7, 11) is 0. The Morgan fingerprint density at radius 3 is 2.81 bits per heavy atom. The lowest BCUT2D eigenvalue weighted by atomic mass is 10.0. The normalized spacial score (nSPS) is 21.1. The maximum absolute atomic E-state index is 10.8. The number of likely N-dealkylation sites (tertiary alicyclic amines) is 1. The first kappa shape index (κ1) is 11.1. The van der Waals surface area contributed by atoms with Crippen LogP contribution in [0, 0.1) is 0 Å². The Morgan fingerprint density at radius 1 is 1.38 bits per heavy atom. The Morgan fingerprint density at radius 2 is 2.12 bits per heavy atom. The molecule has 1 saturated heterocycles. The second-order valence-corrected chi connectivity index (χ2v) is 4.32. The molecule has 2 N–H and O–H groups in total. The summed E-state index contributed by atoms with van der Waals surface area (Å²) >= 11 is 0. The number of rotatable bonds is 4. The third-order valence-corrected chi connectivity index (χ3v) is 3.19. The van der Waals surface area contributed by atoms with Gasteiger partial charge < -0.3 is 5.73 Å². The first-order valence-corrected chi connectivity index (χ1v) is 5.84. The monoisotopic (exact) mass is 218 g/mol. The van der Waals surface area contributed by atoms with Crippen LogP contribution in [0.2, 0.25) is 0 Å². The molecule has 1 amide bonds. The highest BCUT2D eigenvalue weighted by atomic mass is 16.1.